The zero-order valence-electron chi connectivity index (χ0n) is 15.1. The first-order valence-electron chi connectivity index (χ1n) is 9.77. The third-order valence-electron chi connectivity index (χ3n) is 5.90. The van der Waals surface area contributed by atoms with Crippen LogP contribution >= 0.6 is 0 Å². The van der Waals surface area contributed by atoms with Crippen LogP contribution in [0, 0.1) is 5.92 Å². The fourth-order valence-electron chi connectivity index (χ4n) is 4.55. The van der Waals surface area contributed by atoms with E-state index < -0.39 is 0 Å². The van der Waals surface area contributed by atoms with Crippen molar-refractivity contribution in [1.82, 2.24) is 10.2 Å². The first-order valence-corrected chi connectivity index (χ1v) is 9.77. The molecule has 0 spiro atoms. The van der Waals surface area contributed by atoms with E-state index in [-0.39, 0.29) is 11.3 Å². The van der Waals surface area contributed by atoms with Gasteiger partial charge in [0.2, 0.25) is 5.91 Å². The molecular weight excluding hydrogens is 296 g/mol. The summed E-state index contributed by atoms with van der Waals surface area (Å²) in [7, 11) is 0. The van der Waals surface area contributed by atoms with E-state index in [0.29, 0.717) is 0 Å². The first kappa shape index (κ1) is 17.5. The van der Waals surface area contributed by atoms with E-state index in [4.69, 9.17) is 0 Å². The standard InChI is InChI=1S/C21H32N2O/c1-18-9-7-15-23(17-18)16-8-14-22-20(24)21(12-5-6-13-21)19-10-3-2-4-11-19/h2-4,10-11,18H,5-9,12-17H2,1H3,(H,22,24). The molecule has 1 aromatic carbocycles. The molecule has 0 bridgehead atoms. The van der Waals surface area contributed by atoms with Crippen molar-refractivity contribution in [3.05, 3.63) is 35.9 Å². The zero-order chi connectivity index (χ0) is 16.8. The summed E-state index contributed by atoms with van der Waals surface area (Å²) >= 11 is 0. The molecule has 2 aliphatic rings. The second kappa shape index (κ2) is 8.15. The van der Waals surface area contributed by atoms with Gasteiger partial charge in [-0.25, -0.2) is 0 Å². The molecule has 1 atom stereocenters. The van der Waals surface area contributed by atoms with Gasteiger partial charge in [-0.05, 0) is 56.7 Å². The molecule has 1 heterocycles. The highest BCUT2D eigenvalue weighted by Gasteiger charge is 2.42. The van der Waals surface area contributed by atoms with E-state index in [1.165, 1.54) is 31.5 Å². The van der Waals surface area contributed by atoms with Gasteiger partial charge in [0, 0.05) is 13.1 Å². The van der Waals surface area contributed by atoms with E-state index in [2.05, 4.69) is 41.4 Å². The van der Waals surface area contributed by atoms with E-state index in [1.807, 2.05) is 6.07 Å². The van der Waals surface area contributed by atoms with Crippen LogP contribution in [0.2, 0.25) is 0 Å². The highest BCUT2D eigenvalue weighted by molar-refractivity contribution is 5.88. The molecule has 1 N–H and O–H groups in total. The number of hydrogen-bond donors (Lipinski definition) is 1. The van der Waals surface area contributed by atoms with Crippen molar-refractivity contribution in [2.24, 2.45) is 5.92 Å². The molecule has 3 heteroatoms. The lowest BCUT2D eigenvalue weighted by Crippen LogP contribution is -2.43. The number of carbonyl (C=O) groups is 1. The van der Waals surface area contributed by atoms with Crippen LogP contribution in [-0.2, 0) is 10.2 Å². The molecule has 3 rings (SSSR count). The molecule has 1 unspecified atom stereocenters. The van der Waals surface area contributed by atoms with Gasteiger partial charge in [-0.2, -0.15) is 0 Å². The van der Waals surface area contributed by atoms with E-state index >= 15 is 0 Å². The Kier molecular flexibility index (Phi) is 5.94. The largest absolute Gasteiger partial charge is 0.355 e. The lowest BCUT2D eigenvalue weighted by atomic mass is 9.78. The normalized spacial score (nSPS) is 24.0. The molecule has 1 aliphatic heterocycles. The minimum Gasteiger partial charge on any atom is -0.355 e. The fourth-order valence-corrected chi connectivity index (χ4v) is 4.55. The van der Waals surface area contributed by atoms with Gasteiger partial charge in [-0.1, -0.05) is 50.1 Å². The molecule has 1 aromatic rings. The van der Waals surface area contributed by atoms with Crippen LogP contribution in [0.15, 0.2) is 30.3 Å². The third kappa shape index (κ3) is 4.00. The van der Waals surface area contributed by atoms with Crippen LogP contribution in [0.25, 0.3) is 0 Å². The molecule has 0 aromatic heterocycles. The predicted octanol–water partition coefficient (Wildman–Crippen LogP) is 3.74. The molecule has 1 aliphatic carbocycles. The number of carbonyl (C=O) groups excluding carboxylic acids is 1. The molecular formula is C21H32N2O. The Balaban J connectivity index is 1.50. The van der Waals surface area contributed by atoms with Crippen LogP contribution in [0.5, 0.6) is 0 Å². The van der Waals surface area contributed by atoms with Gasteiger partial charge < -0.3 is 10.2 Å². The molecule has 1 amide bonds. The number of piperidine rings is 1. The summed E-state index contributed by atoms with van der Waals surface area (Å²) in [6, 6.07) is 10.4. The quantitative estimate of drug-likeness (QED) is 0.807. The minimum atomic E-state index is -0.277. The van der Waals surface area contributed by atoms with Crippen molar-refractivity contribution in [3.63, 3.8) is 0 Å². The monoisotopic (exact) mass is 328 g/mol. The summed E-state index contributed by atoms with van der Waals surface area (Å²) in [6.07, 6.45) is 8.06. The van der Waals surface area contributed by atoms with Gasteiger partial charge in [0.15, 0.2) is 0 Å². The number of amides is 1. The maximum atomic E-state index is 12.9. The molecule has 0 radical (unpaired) electrons. The number of likely N-dealkylation sites (tertiary alicyclic amines) is 1. The van der Waals surface area contributed by atoms with E-state index in [0.717, 1.165) is 51.1 Å². The first-order chi connectivity index (χ1) is 11.7. The lowest BCUT2D eigenvalue weighted by Gasteiger charge is -2.31. The highest BCUT2D eigenvalue weighted by atomic mass is 16.2. The predicted molar refractivity (Wildman–Crippen MR) is 99.1 cm³/mol. The van der Waals surface area contributed by atoms with Crippen LogP contribution in [0.4, 0.5) is 0 Å². The Bertz CT molecular complexity index is 522. The number of nitrogens with one attached hydrogen (secondary N) is 1. The Labute approximate surface area is 146 Å². The number of benzene rings is 1. The summed E-state index contributed by atoms with van der Waals surface area (Å²) < 4.78 is 0. The smallest absolute Gasteiger partial charge is 0.230 e. The lowest BCUT2D eigenvalue weighted by molar-refractivity contribution is -0.126. The number of nitrogens with zero attached hydrogens (tertiary/aromatic N) is 1. The summed E-state index contributed by atoms with van der Waals surface area (Å²) in [5.41, 5.74) is 0.922. The molecule has 132 valence electrons. The maximum Gasteiger partial charge on any atom is 0.230 e. The SMILES string of the molecule is CC1CCCN(CCCNC(=O)C2(c3ccccc3)CCCC2)C1. The highest BCUT2D eigenvalue weighted by Crippen LogP contribution is 2.41. The minimum absolute atomic E-state index is 0.248. The fraction of sp³-hybridized carbons (Fsp3) is 0.667. The second-order valence-corrected chi connectivity index (χ2v) is 7.81. The maximum absolute atomic E-state index is 12.9. The van der Waals surface area contributed by atoms with E-state index in [9.17, 15) is 4.79 Å². The Morgan fingerprint density at radius 2 is 1.96 bits per heavy atom. The average Bonchev–Trinajstić information content (AvgIpc) is 3.10. The summed E-state index contributed by atoms with van der Waals surface area (Å²) in [5, 5.41) is 3.25. The third-order valence-corrected chi connectivity index (χ3v) is 5.90. The van der Waals surface area contributed by atoms with Crippen LogP contribution in [0.3, 0.4) is 0 Å². The van der Waals surface area contributed by atoms with Crippen molar-refractivity contribution in [2.45, 2.75) is 57.3 Å². The van der Waals surface area contributed by atoms with Crippen molar-refractivity contribution in [2.75, 3.05) is 26.2 Å². The van der Waals surface area contributed by atoms with Gasteiger partial charge in [0.25, 0.3) is 0 Å². The molecule has 1 saturated heterocycles. The van der Waals surface area contributed by atoms with Crippen molar-refractivity contribution in [3.8, 4) is 0 Å². The van der Waals surface area contributed by atoms with Crippen molar-refractivity contribution >= 4 is 5.91 Å². The molecule has 24 heavy (non-hydrogen) atoms. The summed E-state index contributed by atoms with van der Waals surface area (Å²) in [5.74, 6) is 1.08. The Morgan fingerprint density at radius 1 is 1.21 bits per heavy atom. The number of rotatable bonds is 6. The summed E-state index contributed by atoms with van der Waals surface area (Å²) in [4.78, 5) is 15.5. The van der Waals surface area contributed by atoms with Crippen LogP contribution in [-0.4, -0.2) is 37.0 Å². The van der Waals surface area contributed by atoms with Gasteiger partial charge >= 0.3 is 0 Å². The van der Waals surface area contributed by atoms with Crippen LogP contribution in [0.1, 0.15) is 57.4 Å². The van der Waals surface area contributed by atoms with Gasteiger partial charge in [-0.3, -0.25) is 4.79 Å². The summed E-state index contributed by atoms with van der Waals surface area (Å²) in [6.45, 7) is 6.72. The van der Waals surface area contributed by atoms with Crippen molar-refractivity contribution < 1.29 is 4.79 Å². The Morgan fingerprint density at radius 3 is 2.67 bits per heavy atom. The van der Waals surface area contributed by atoms with Crippen molar-refractivity contribution in [1.29, 1.82) is 0 Å². The number of hydrogen-bond acceptors (Lipinski definition) is 2. The van der Waals surface area contributed by atoms with E-state index in [1.54, 1.807) is 0 Å². The molecule has 2 fully saturated rings. The average molecular weight is 329 g/mol. The van der Waals surface area contributed by atoms with Gasteiger partial charge in [0.1, 0.15) is 0 Å². The Hall–Kier alpha value is -1.35. The molecule has 3 nitrogen and oxygen atoms in total. The van der Waals surface area contributed by atoms with Gasteiger partial charge in [-0.15, -0.1) is 0 Å². The zero-order valence-corrected chi connectivity index (χ0v) is 15.1. The molecule has 1 saturated carbocycles. The second-order valence-electron chi connectivity index (χ2n) is 7.81. The van der Waals surface area contributed by atoms with Gasteiger partial charge in [0.05, 0.1) is 5.41 Å². The topological polar surface area (TPSA) is 32.3 Å². The van der Waals surface area contributed by atoms with Crippen LogP contribution < -0.4 is 5.32 Å².